The molecule has 0 aliphatic carbocycles. The lowest BCUT2D eigenvalue weighted by Gasteiger charge is -2.17. The normalized spacial score (nSPS) is 15.3. The van der Waals surface area contributed by atoms with Crippen molar-refractivity contribution in [2.24, 2.45) is 0 Å². The van der Waals surface area contributed by atoms with E-state index >= 15 is 0 Å². The highest BCUT2D eigenvalue weighted by molar-refractivity contribution is 6.14. The van der Waals surface area contributed by atoms with Gasteiger partial charge in [-0.25, -0.2) is 4.79 Å². The van der Waals surface area contributed by atoms with Crippen LogP contribution in [0.5, 0.6) is 23.0 Å². The minimum atomic E-state index is -1.45. The maximum Gasteiger partial charge on any atom is 0.328 e. The van der Waals surface area contributed by atoms with Crippen molar-refractivity contribution < 1.29 is 43.5 Å². The van der Waals surface area contributed by atoms with Crippen LogP contribution in [-0.4, -0.2) is 60.8 Å². The predicted octanol–water partition coefficient (Wildman–Crippen LogP) is 1.65. The third-order valence-electron chi connectivity index (χ3n) is 4.80. The number of aliphatic carboxylic acids is 1. The quantitative estimate of drug-likeness (QED) is 0.479. The number of amides is 1. The van der Waals surface area contributed by atoms with Crippen LogP contribution in [0.25, 0.3) is 6.08 Å². The van der Waals surface area contributed by atoms with E-state index in [1.165, 1.54) is 39.3 Å². The minimum absolute atomic E-state index is 0.0876. The number of carbonyl (C=O) groups is 3. The van der Waals surface area contributed by atoms with Gasteiger partial charge in [0.05, 0.1) is 25.9 Å². The zero-order valence-corrected chi connectivity index (χ0v) is 18.2. The lowest BCUT2D eigenvalue weighted by Crippen LogP contribution is -2.49. The fraction of sp³-hybridized carbons (Fsp3) is 0.261. The van der Waals surface area contributed by atoms with Crippen molar-refractivity contribution in [2.75, 3.05) is 20.8 Å². The zero-order valence-electron chi connectivity index (χ0n) is 18.2. The van der Waals surface area contributed by atoms with Crippen molar-refractivity contribution in [3.05, 3.63) is 53.3 Å². The van der Waals surface area contributed by atoms with Crippen molar-refractivity contribution >= 4 is 23.7 Å². The highest BCUT2D eigenvalue weighted by Gasteiger charge is 2.29. The number of methoxy groups -OCH3 is 2. The van der Waals surface area contributed by atoms with E-state index in [-0.39, 0.29) is 23.0 Å². The summed E-state index contributed by atoms with van der Waals surface area (Å²) in [7, 11) is 3.04. The summed E-state index contributed by atoms with van der Waals surface area (Å²) in [5, 5.41) is 20.6. The van der Waals surface area contributed by atoms with Crippen LogP contribution in [0, 0.1) is 0 Å². The maximum atomic E-state index is 12.7. The minimum Gasteiger partial charge on any atom is -0.497 e. The third-order valence-corrected chi connectivity index (χ3v) is 4.80. The SMILES string of the molecule is COc1ccc(C=C2Oc3cc(OCC(=O)N[C@@H](C(=O)O)[C@H](C)O)ccc3C2=O)c(OC)c1. The molecule has 10 nitrogen and oxygen atoms in total. The predicted molar refractivity (Wildman–Crippen MR) is 116 cm³/mol. The zero-order chi connectivity index (χ0) is 24.1. The number of allylic oxidation sites excluding steroid dienone is 1. The molecule has 1 aliphatic rings. The molecule has 0 unspecified atom stereocenters. The maximum absolute atomic E-state index is 12.7. The monoisotopic (exact) mass is 457 g/mol. The number of nitrogens with one attached hydrogen (secondary N) is 1. The topological polar surface area (TPSA) is 141 Å². The number of carbonyl (C=O) groups excluding carboxylic acids is 2. The fourth-order valence-electron chi connectivity index (χ4n) is 3.09. The average molecular weight is 457 g/mol. The standard InChI is InChI=1S/C23H23NO9/c1-12(25)21(23(28)29)24-20(26)11-32-15-6-7-16-18(10-15)33-19(22(16)27)8-13-4-5-14(30-2)9-17(13)31-3/h4-10,12,21,25H,11H2,1-3H3,(H,24,26)(H,28,29)/t12-,21+/m0/s1. The second-order valence-corrected chi connectivity index (χ2v) is 7.12. The highest BCUT2D eigenvalue weighted by atomic mass is 16.5. The fourth-order valence-corrected chi connectivity index (χ4v) is 3.09. The molecule has 33 heavy (non-hydrogen) atoms. The van der Waals surface area contributed by atoms with Crippen LogP contribution in [0.2, 0.25) is 0 Å². The second-order valence-electron chi connectivity index (χ2n) is 7.12. The Bertz CT molecular complexity index is 1110. The first-order chi connectivity index (χ1) is 15.7. The van der Waals surface area contributed by atoms with Gasteiger partial charge >= 0.3 is 5.97 Å². The van der Waals surface area contributed by atoms with Crippen molar-refractivity contribution in [1.29, 1.82) is 0 Å². The molecular formula is C23H23NO9. The molecule has 0 bridgehead atoms. The van der Waals surface area contributed by atoms with Crippen molar-refractivity contribution in [3.8, 4) is 23.0 Å². The van der Waals surface area contributed by atoms with Crippen LogP contribution in [0.1, 0.15) is 22.8 Å². The smallest absolute Gasteiger partial charge is 0.328 e. The van der Waals surface area contributed by atoms with Crippen molar-refractivity contribution in [2.45, 2.75) is 19.1 Å². The first kappa shape index (κ1) is 23.6. The highest BCUT2D eigenvalue weighted by Crippen LogP contribution is 2.36. The molecule has 2 aromatic carbocycles. The summed E-state index contributed by atoms with van der Waals surface area (Å²) in [6, 6.07) is 8.14. The first-order valence-corrected chi connectivity index (χ1v) is 9.86. The molecule has 3 N–H and O–H groups in total. The molecule has 1 amide bonds. The number of rotatable bonds is 9. The molecule has 0 saturated heterocycles. The summed E-state index contributed by atoms with van der Waals surface area (Å²) in [5.74, 6) is -0.736. The van der Waals surface area contributed by atoms with Gasteiger partial charge in [0, 0.05) is 17.7 Å². The van der Waals surface area contributed by atoms with Gasteiger partial charge < -0.3 is 34.5 Å². The number of ketones is 1. The van der Waals surface area contributed by atoms with Crippen LogP contribution in [0.3, 0.4) is 0 Å². The molecule has 2 aromatic rings. The molecule has 0 spiro atoms. The van der Waals surface area contributed by atoms with Gasteiger partial charge in [0.25, 0.3) is 5.91 Å². The van der Waals surface area contributed by atoms with Gasteiger partial charge in [0.2, 0.25) is 5.78 Å². The van der Waals surface area contributed by atoms with Crippen LogP contribution in [0.4, 0.5) is 0 Å². The first-order valence-electron chi connectivity index (χ1n) is 9.86. The number of Topliss-reactive ketones (excluding diaryl/α,β-unsaturated/α-hetero) is 1. The number of fused-ring (bicyclic) bond motifs is 1. The summed E-state index contributed by atoms with van der Waals surface area (Å²) in [5.41, 5.74) is 0.944. The van der Waals surface area contributed by atoms with E-state index in [4.69, 9.17) is 24.1 Å². The molecule has 10 heteroatoms. The van der Waals surface area contributed by atoms with Crippen LogP contribution >= 0.6 is 0 Å². The van der Waals surface area contributed by atoms with Gasteiger partial charge in [-0.3, -0.25) is 9.59 Å². The van der Waals surface area contributed by atoms with E-state index < -0.39 is 30.6 Å². The molecule has 2 atom stereocenters. The number of ether oxygens (including phenoxy) is 4. The Morgan fingerprint density at radius 1 is 1.12 bits per heavy atom. The summed E-state index contributed by atoms with van der Waals surface area (Å²) < 4.78 is 21.6. The summed E-state index contributed by atoms with van der Waals surface area (Å²) in [6.45, 7) is 0.760. The largest absolute Gasteiger partial charge is 0.497 e. The number of hydrogen-bond acceptors (Lipinski definition) is 8. The van der Waals surface area contributed by atoms with Crippen LogP contribution in [-0.2, 0) is 9.59 Å². The van der Waals surface area contributed by atoms with E-state index in [1.807, 2.05) is 0 Å². The van der Waals surface area contributed by atoms with E-state index in [0.29, 0.717) is 22.6 Å². The van der Waals surface area contributed by atoms with E-state index in [0.717, 1.165) is 0 Å². The third kappa shape index (κ3) is 5.42. The van der Waals surface area contributed by atoms with Gasteiger partial charge in [0.15, 0.2) is 18.4 Å². The number of benzene rings is 2. The molecule has 1 heterocycles. The molecular weight excluding hydrogens is 434 g/mol. The second kappa shape index (κ2) is 10.0. The van der Waals surface area contributed by atoms with Gasteiger partial charge in [-0.15, -0.1) is 0 Å². The Balaban J connectivity index is 1.70. The van der Waals surface area contributed by atoms with Crippen LogP contribution in [0.15, 0.2) is 42.2 Å². The van der Waals surface area contributed by atoms with Gasteiger partial charge in [0.1, 0.15) is 23.0 Å². The van der Waals surface area contributed by atoms with E-state index in [9.17, 15) is 19.5 Å². The molecule has 174 valence electrons. The molecule has 0 aromatic heterocycles. The number of hydrogen-bond donors (Lipinski definition) is 3. The Morgan fingerprint density at radius 2 is 1.85 bits per heavy atom. The van der Waals surface area contributed by atoms with Crippen molar-refractivity contribution in [1.82, 2.24) is 5.32 Å². The van der Waals surface area contributed by atoms with Crippen molar-refractivity contribution in [3.63, 3.8) is 0 Å². The molecule has 0 radical (unpaired) electrons. The lowest BCUT2D eigenvalue weighted by molar-refractivity contribution is -0.145. The summed E-state index contributed by atoms with van der Waals surface area (Å²) in [6.07, 6.45) is 0.275. The van der Waals surface area contributed by atoms with E-state index in [2.05, 4.69) is 5.32 Å². The lowest BCUT2D eigenvalue weighted by atomic mass is 10.1. The number of carboxylic acids is 1. The van der Waals surface area contributed by atoms with Gasteiger partial charge in [-0.05, 0) is 37.3 Å². The number of aliphatic hydroxyl groups excluding tert-OH is 1. The summed E-state index contributed by atoms with van der Waals surface area (Å²) >= 11 is 0. The number of aliphatic hydroxyl groups is 1. The molecule has 0 saturated carbocycles. The van der Waals surface area contributed by atoms with Gasteiger partial charge in [-0.1, -0.05) is 0 Å². The number of carboxylic acid groups (broad SMARTS) is 1. The van der Waals surface area contributed by atoms with E-state index in [1.54, 1.807) is 24.3 Å². The average Bonchev–Trinajstić information content (AvgIpc) is 3.10. The molecule has 0 fully saturated rings. The Morgan fingerprint density at radius 3 is 2.48 bits per heavy atom. The summed E-state index contributed by atoms with van der Waals surface area (Å²) in [4.78, 5) is 35.7. The molecule has 3 rings (SSSR count). The Labute approximate surface area is 189 Å². The van der Waals surface area contributed by atoms with Crippen LogP contribution < -0.4 is 24.3 Å². The Kier molecular flexibility index (Phi) is 7.19. The molecule has 1 aliphatic heterocycles. The van der Waals surface area contributed by atoms with Gasteiger partial charge in [-0.2, -0.15) is 0 Å². The Hall–Kier alpha value is -4.05.